The maximum Gasteiger partial charge on any atom is 0.307 e. The summed E-state index contributed by atoms with van der Waals surface area (Å²) in [4.78, 5) is 23.6. The number of carboxylic acids is 1. The van der Waals surface area contributed by atoms with Crippen LogP contribution in [0.3, 0.4) is 0 Å². The summed E-state index contributed by atoms with van der Waals surface area (Å²) in [6.45, 7) is -1.87. The van der Waals surface area contributed by atoms with Crippen LogP contribution in [0.5, 0.6) is 0 Å². The summed E-state index contributed by atoms with van der Waals surface area (Å²) in [5.41, 5.74) is -1.52. The van der Waals surface area contributed by atoms with Crippen molar-refractivity contribution in [1.82, 2.24) is 5.32 Å². The molecular formula is C13H19NO6. The van der Waals surface area contributed by atoms with Gasteiger partial charge in [0.1, 0.15) is 5.54 Å². The molecule has 4 unspecified atom stereocenters. The molecule has 0 saturated heterocycles. The van der Waals surface area contributed by atoms with Crippen LogP contribution in [0.1, 0.15) is 6.42 Å². The Bertz CT molecular complexity index is 422. The number of carbonyl (C=O) groups is 2. The summed E-state index contributed by atoms with van der Waals surface area (Å²) in [7, 11) is 0. The third kappa shape index (κ3) is 2.32. The smallest absolute Gasteiger partial charge is 0.307 e. The zero-order valence-corrected chi connectivity index (χ0v) is 10.9. The standard InChI is InChI=1S/C13H19NO6/c15-4-13(5-16,6-17)14-11(18)9-7-1-2-8(3-7)10(9)12(19)20/h1-2,7-10,15-17H,3-6H2,(H,14,18)(H,19,20). The van der Waals surface area contributed by atoms with Gasteiger partial charge in [-0.15, -0.1) is 0 Å². The largest absolute Gasteiger partial charge is 0.481 e. The molecule has 5 N–H and O–H groups in total. The molecule has 20 heavy (non-hydrogen) atoms. The molecule has 0 aliphatic heterocycles. The maximum absolute atomic E-state index is 12.3. The zero-order valence-electron chi connectivity index (χ0n) is 10.9. The number of fused-ring (bicyclic) bond motifs is 2. The summed E-state index contributed by atoms with van der Waals surface area (Å²) in [5.74, 6) is -3.39. The number of aliphatic carboxylic acids is 1. The van der Waals surface area contributed by atoms with Gasteiger partial charge >= 0.3 is 5.97 Å². The number of aliphatic hydroxyl groups excluding tert-OH is 3. The minimum absolute atomic E-state index is 0.144. The van der Waals surface area contributed by atoms with E-state index in [4.69, 9.17) is 0 Å². The van der Waals surface area contributed by atoms with Crippen LogP contribution in [0.15, 0.2) is 12.2 Å². The molecule has 7 nitrogen and oxygen atoms in total. The highest BCUT2D eigenvalue weighted by Crippen LogP contribution is 2.48. The lowest BCUT2D eigenvalue weighted by Crippen LogP contribution is -2.59. The van der Waals surface area contributed by atoms with Gasteiger partial charge in [-0.3, -0.25) is 9.59 Å². The van der Waals surface area contributed by atoms with E-state index in [1.807, 2.05) is 12.2 Å². The second kappa shape index (κ2) is 5.51. The van der Waals surface area contributed by atoms with Gasteiger partial charge in [-0.05, 0) is 18.3 Å². The molecule has 1 saturated carbocycles. The van der Waals surface area contributed by atoms with Gasteiger partial charge in [0.15, 0.2) is 0 Å². The minimum atomic E-state index is -1.52. The second-order valence-electron chi connectivity index (χ2n) is 5.58. The first-order chi connectivity index (χ1) is 9.48. The summed E-state index contributed by atoms with van der Waals surface area (Å²) in [5, 5.41) is 39.3. The van der Waals surface area contributed by atoms with Crippen molar-refractivity contribution in [2.24, 2.45) is 23.7 Å². The molecule has 112 valence electrons. The van der Waals surface area contributed by atoms with E-state index in [1.165, 1.54) is 0 Å². The molecule has 1 amide bonds. The molecule has 0 heterocycles. The summed E-state index contributed by atoms with van der Waals surface area (Å²) >= 11 is 0. The van der Waals surface area contributed by atoms with E-state index >= 15 is 0 Å². The highest BCUT2D eigenvalue weighted by molar-refractivity contribution is 5.87. The Labute approximate surface area is 115 Å². The van der Waals surface area contributed by atoms with Crippen LogP contribution in [0, 0.1) is 23.7 Å². The quantitative estimate of drug-likeness (QED) is 0.372. The van der Waals surface area contributed by atoms with E-state index in [2.05, 4.69) is 5.32 Å². The Kier molecular flexibility index (Phi) is 4.12. The molecule has 2 aliphatic rings. The van der Waals surface area contributed by atoms with Crippen molar-refractivity contribution in [2.75, 3.05) is 19.8 Å². The Morgan fingerprint density at radius 1 is 1.05 bits per heavy atom. The molecule has 0 radical (unpaired) electrons. The molecule has 4 atom stereocenters. The van der Waals surface area contributed by atoms with E-state index in [0.717, 1.165) is 0 Å². The molecular weight excluding hydrogens is 266 g/mol. The minimum Gasteiger partial charge on any atom is -0.481 e. The van der Waals surface area contributed by atoms with E-state index in [1.54, 1.807) is 0 Å². The predicted octanol–water partition coefficient (Wildman–Crippen LogP) is -1.66. The fraction of sp³-hybridized carbons (Fsp3) is 0.692. The van der Waals surface area contributed by atoms with Crippen LogP contribution >= 0.6 is 0 Å². The first-order valence-electron chi connectivity index (χ1n) is 6.54. The van der Waals surface area contributed by atoms with Crippen molar-refractivity contribution < 1.29 is 30.0 Å². The van der Waals surface area contributed by atoms with Crippen molar-refractivity contribution in [3.8, 4) is 0 Å². The van der Waals surface area contributed by atoms with Crippen LogP contribution in [0.25, 0.3) is 0 Å². The number of nitrogens with one attached hydrogen (secondary N) is 1. The maximum atomic E-state index is 12.3. The Morgan fingerprint density at radius 3 is 2.00 bits per heavy atom. The van der Waals surface area contributed by atoms with Crippen LogP contribution in [-0.4, -0.2) is 57.7 Å². The lowest BCUT2D eigenvalue weighted by Gasteiger charge is -2.32. The fourth-order valence-corrected chi connectivity index (χ4v) is 3.13. The molecule has 1 fully saturated rings. The third-order valence-electron chi connectivity index (χ3n) is 4.34. The fourth-order valence-electron chi connectivity index (χ4n) is 3.13. The number of carbonyl (C=O) groups excluding carboxylic acids is 1. The molecule has 0 spiro atoms. The van der Waals surface area contributed by atoms with Gasteiger partial charge in [0.2, 0.25) is 5.91 Å². The van der Waals surface area contributed by atoms with Crippen molar-refractivity contribution in [3.63, 3.8) is 0 Å². The van der Waals surface area contributed by atoms with Crippen LogP contribution in [-0.2, 0) is 9.59 Å². The Morgan fingerprint density at radius 2 is 1.55 bits per heavy atom. The van der Waals surface area contributed by atoms with Gasteiger partial charge in [0, 0.05) is 0 Å². The second-order valence-corrected chi connectivity index (χ2v) is 5.58. The summed E-state index contributed by atoms with van der Waals surface area (Å²) < 4.78 is 0. The predicted molar refractivity (Wildman–Crippen MR) is 67.5 cm³/mol. The van der Waals surface area contributed by atoms with E-state index in [-0.39, 0.29) is 11.8 Å². The number of carboxylic acid groups (broad SMARTS) is 1. The summed E-state index contributed by atoms with van der Waals surface area (Å²) in [6, 6.07) is 0. The highest BCUT2D eigenvalue weighted by Gasteiger charge is 2.52. The first-order valence-corrected chi connectivity index (χ1v) is 6.54. The first kappa shape index (κ1) is 15.0. The van der Waals surface area contributed by atoms with Gasteiger partial charge in [-0.25, -0.2) is 0 Å². The number of hydrogen-bond donors (Lipinski definition) is 5. The molecule has 7 heteroatoms. The van der Waals surface area contributed by atoms with Crippen LogP contribution < -0.4 is 5.32 Å². The van der Waals surface area contributed by atoms with Crippen LogP contribution in [0.4, 0.5) is 0 Å². The molecule has 0 aromatic rings. The monoisotopic (exact) mass is 285 g/mol. The van der Waals surface area contributed by atoms with Crippen molar-refractivity contribution >= 4 is 11.9 Å². The van der Waals surface area contributed by atoms with Gasteiger partial charge in [0.25, 0.3) is 0 Å². The van der Waals surface area contributed by atoms with Crippen LogP contribution in [0.2, 0.25) is 0 Å². The summed E-state index contributed by atoms with van der Waals surface area (Å²) in [6.07, 6.45) is 4.29. The van der Waals surface area contributed by atoms with Crippen molar-refractivity contribution in [3.05, 3.63) is 12.2 Å². The SMILES string of the molecule is O=C(O)C1C2C=CC(C2)C1C(=O)NC(CO)(CO)CO. The van der Waals surface area contributed by atoms with E-state index < -0.39 is 49.1 Å². The van der Waals surface area contributed by atoms with E-state index in [0.29, 0.717) is 6.42 Å². The molecule has 2 aliphatic carbocycles. The number of amides is 1. The third-order valence-corrected chi connectivity index (χ3v) is 4.34. The highest BCUT2D eigenvalue weighted by atomic mass is 16.4. The average Bonchev–Trinajstić information content (AvgIpc) is 3.05. The lowest BCUT2D eigenvalue weighted by atomic mass is 9.82. The molecule has 0 aromatic carbocycles. The van der Waals surface area contributed by atoms with Crippen molar-refractivity contribution in [1.29, 1.82) is 0 Å². The normalized spacial score (nSPS) is 31.6. The topological polar surface area (TPSA) is 127 Å². The number of aliphatic hydroxyl groups is 3. The Hall–Kier alpha value is -1.44. The van der Waals surface area contributed by atoms with Gasteiger partial charge in [-0.1, -0.05) is 12.2 Å². The average molecular weight is 285 g/mol. The lowest BCUT2D eigenvalue weighted by molar-refractivity contribution is -0.148. The number of rotatable bonds is 6. The van der Waals surface area contributed by atoms with Crippen molar-refractivity contribution in [2.45, 2.75) is 12.0 Å². The zero-order chi connectivity index (χ0) is 14.9. The molecule has 0 aromatic heterocycles. The van der Waals surface area contributed by atoms with Gasteiger partial charge in [-0.2, -0.15) is 0 Å². The Balaban J connectivity index is 2.16. The molecule has 2 bridgehead atoms. The van der Waals surface area contributed by atoms with Gasteiger partial charge < -0.3 is 25.7 Å². The van der Waals surface area contributed by atoms with Gasteiger partial charge in [0.05, 0.1) is 31.7 Å². The number of hydrogen-bond acceptors (Lipinski definition) is 5. The molecule has 2 rings (SSSR count). The van der Waals surface area contributed by atoms with E-state index in [9.17, 15) is 30.0 Å². The number of allylic oxidation sites excluding steroid dienone is 2.